The molecule has 1 aliphatic heterocycles. The van der Waals surface area contributed by atoms with E-state index in [0.717, 1.165) is 12.8 Å². The van der Waals surface area contributed by atoms with Crippen LogP contribution in [0.1, 0.15) is 26.2 Å². The molecule has 0 saturated heterocycles. The molecule has 3 heteroatoms. The van der Waals surface area contributed by atoms with Gasteiger partial charge in [0.1, 0.15) is 0 Å². The van der Waals surface area contributed by atoms with Crippen molar-refractivity contribution in [1.29, 1.82) is 0 Å². The summed E-state index contributed by atoms with van der Waals surface area (Å²) in [6.45, 7) is 2.22. The van der Waals surface area contributed by atoms with Crippen molar-refractivity contribution in [1.82, 2.24) is 0 Å². The van der Waals surface area contributed by atoms with E-state index in [2.05, 4.69) is 11.1 Å². The smallest absolute Gasteiger partial charge is 0.339 e. The molecule has 0 aromatic rings. The molecule has 0 radical (unpaired) electrons. The number of hydrogen-bond acceptors (Lipinski definition) is 3. The minimum atomic E-state index is -0.272. The summed E-state index contributed by atoms with van der Waals surface area (Å²) in [5.41, 5.74) is 1.74. The standard InChI is InChI=1S/C12H15NO2/c1-2-15-12(14)10-7-9-5-3-4-6-11(9)13-8-10/h5,7-8,11H,2-4,6H2,1H3. The molecule has 0 bridgehead atoms. The van der Waals surface area contributed by atoms with Crippen LogP contribution in [0.3, 0.4) is 0 Å². The highest BCUT2D eigenvalue weighted by Gasteiger charge is 2.21. The Kier molecular flexibility index (Phi) is 2.99. The Morgan fingerprint density at radius 2 is 2.53 bits per heavy atom. The van der Waals surface area contributed by atoms with Gasteiger partial charge in [-0.3, -0.25) is 4.99 Å². The second kappa shape index (κ2) is 4.43. The number of allylic oxidation sites excluding steroid dienone is 1. The summed E-state index contributed by atoms with van der Waals surface area (Å²) >= 11 is 0. The van der Waals surface area contributed by atoms with Crippen molar-refractivity contribution in [3.63, 3.8) is 0 Å². The maximum atomic E-state index is 11.5. The lowest BCUT2D eigenvalue weighted by atomic mass is 9.91. The van der Waals surface area contributed by atoms with Gasteiger partial charge in [0, 0.05) is 6.21 Å². The molecule has 1 atom stereocenters. The molecule has 80 valence electrons. The minimum Gasteiger partial charge on any atom is -0.462 e. The number of aliphatic imine (C=N–C) groups is 1. The van der Waals surface area contributed by atoms with Gasteiger partial charge in [-0.05, 0) is 37.8 Å². The van der Waals surface area contributed by atoms with Gasteiger partial charge in [-0.1, -0.05) is 6.08 Å². The van der Waals surface area contributed by atoms with Crippen LogP contribution in [0, 0.1) is 0 Å². The second-order valence-corrected chi connectivity index (χ2v) is 3.75. The van der Waals surface area contributed by atoms with Gasteiger partial charge in [0.05, 0.1) is 18.2 Å². The zero-order valence-electron chi connectivity index (χ0n) is 8.90. The Labute approximate surface area is 89.5 Å². The quantitative estimate of drug-likeness (QED) is 0.647. The molecule has 15 heavy (non-hydrogen) atoms. The lowest BCUT2D eigenvalue weighted by Crippen LogP contribution is -2.19. The molecule has 1 unspecified atom stereocenters. The van der Waals surface area contributed by atoms with Crippen molar-refractivity contribution in [3.8, 4) is 0 Å². The van der Waals surface area contributed by atoms with E-state index in [0.29, 0.717) is 12.2 Å². The zero-order chi connectivity index (χ0) is 10.7. The average molecular weight is 205 g/mol. The second-order valence-electron chi connectivity index (χ2n) is 3.75. The van der Waals surface area contributed by atoms with E-state index in [4.69, 9.17) is 4.74 Å². The molecular weight excluding hydrogens is 190 g/mol. The van der Waals surface area contributed by atoms with Crippen molar-refractivity contribution in [2.75, 3.05) is 6.61 Å². The van der Waals surface area contributed by atoms with Gasteiger partial charge in [-0.2, -0.15) is 0 Å². The fourth-order valence-electron chi connectivity index (χ4n) is 1.91. The monoisotopic (exact) mass is 205 g/mol. The number of hydrogen-bond donors (Lipinski definition) is 0. The van der Waals surface area contributed by atoms with Gasteiger partial charge in [-0.15, -0.1) is 0 Å². The van der Waals surface area contributed by atoms with Crippen LogP contribution >= 0.6 is 0 Å². The fourth-order valence-corrected chi connectivity index (χ4v) is 1.91. The van der Waals surface area contributed by atoms with Crippen molar-refractivity contribution >= 4 is 12.2 Å². The maximum Gasteiger partial charge on any atom is 0.339 e. The molecule has 0 spiro atoms. The van der Waals surface area contributed by atoms with Gasteiger partial charge in [0.25, 0.3) is 0 Å². The van der Waals surface area contributed by atoms with Crippen molar-refractivity contribution in [2.45, 2.75) is 32.2 Å². The molecule has 3 nitrogen and oxygen atoms in total. The van der Waals surface area contributed by atoms with Crippen LogP contribution in [0.25, 0.3) is 0 Å². The van der Waals surface area contributed by atoms with Gasteiger partial charge in [0.15, 0.2) is 0 Å². The number of rotatable bonds is 2. The first-order chi connectivity index (χ1) is 7.31. The highest BCUT2D eigenvalue weighted by atomic mass is 16.5. The molecular formula is C12H15NO2. The SMILES string of the molecule is CCOC(=O)C1=CC2=CCCCC2N=C1. The molecule has 2 aliphatic rings. The fraction of sp³-hybridized carbons (Fsp3) is 0.500. The highest BCUT2D eigenvalue weighted by molar-refractivity contribution is 6.10. The van der Waals surface area contributed by atoms with Crippen molar-refractivity contribution in [2.24, 2.45) is 4.99 Å². The molecule has 0 amide bonds. The molecule has 0 aromatic carbocycles. The van der Waals surface area contributed by atoms with Crippen LogP contribution in [0.15, 0.2) is 28.3 Å². The molecule has 0 N–H and O–H groups in total. The summed E-state index contributed by atoms with van der Waals surface area (Å²) in [5, 5.41) is 0. The number of dihydropyridines is 1. The summed E-state index contributed by atoms with van der Waals surface area (Å²) in [4.78, 5) is 15.8. The lowest BCUT2D eigenvalue weighted by Gasteiger charge is -2.21. The minimum absolute atomic E-state index is 0.272. The molecule has 1 aliphatic carbocycles. The van der Waals surface area contributed by atoms with Gasteiger partial charge in [0.2, 0.25) is 0 Å². The number of carbonyl (C=O) groups is 1. The summed E-state index contributed by atoms with van der Waals surface area (Å²) in [6.07, 6.45) is 9.10. The van der Waals surface area contributed by atoms with Gasteiger partial charge >= 0.3 is 5.97 Å². The highest BCUT2D eigenvalue weighted by Crippen LogP contribution is 2.25. The maximum absolute atomic E-state index is 11.5. The van der Waals surface area contributed by atoms with E-state index in [1.54, 1.807) is 13.1 Å². The van der Waals surface area contributed by atoms with Crippen LogP contribution < -0.4 is 0 Å². The third-order valence-electron chi connectivity index (χ3n) is 2.67. The molecule has 2 rings (SSSR count). The molecule has 1 heterocycles. The molecule has 0 fully saturated rings. The van der Waals surface area contributed by atoms with Crippen LogP contribution in [0.4, 0.5) is 0 Å². The van der Waals surface area contributed by atoms with Crippen molar-refractivity contribution < 1.29 is 9.53 Å². The predicted octanol–water partition coefficient (Wildman–Crippen LogP) is 2.04. The van der Waals surface area contributed by atoms with Crippen molar-refractivity contribution in [3.05, 3.63) is 23.3 Å². The zero-order valence-corrected chi connectivity index (χ0v) is 8.90. The summed E-state index contributed by atoms with van der Waals surface area (Å²) in [7, 11) is 0. The van der Waals surface area contributed by atoms with Crippen LogP contribution in [-0.2, 0) is 9.53 Å². The predicted molar refractivity (Wildman–Crippen MR) is 58.9 cm³/mol. The molecule has 0 aromatic heterocycles. The van der Waals surface area contributed by atoms with E-state index in [1.807, 2.05) is 6.08 Å². The van der Waals surface area contributed by atoms with E-state index in [-0.39, 0.29) is 12.0 Å². The Morgan fingerprint density at radius 3 is 3.33 bits per heavy atom. The normalized spacial score (nSPS) is 23.9. The summed E-state index contributed by atoms with van der Waals surface area (Å²) < 4.78 is 4.94. The number of ether oxygens (including phenoxy) is 1. The Balaban J connectivity index is 2.15. The number of esters is 1. The lowest BCUT2D eigenvalue weighted by molar-refractivity contribution is -0.137. The number of nitrogens with zero attached hydrogens (tertiary/aromatic N) is 1. The first-order valence-electron chi connectivity index (χ1n) is 5.43. The van der Waals surface area contributed by atoms with E-state index < -0.39 is 0 Å². The van der Waals surface area contributed by atoms with Crippen LogP contribution in [0.2, 0.25) is 0 Å². The molecule has 0 saturated carbocycles. The number of fused-ring (bicyclic) bond motifs is 1. The van der Waals surface area contributed by atoms with E-state index >= 15 is 0 Å². The largest absolute Gasteiger partial charge is 0.462 e. The first-order valence-corrected chi connectivity index (χ1v) is 5.43. The summed E-state index contributed by atoms with van der Waals surface area (Å²) in [6, 6.07) is 0.275. The third kappa shape index (κ3) is 2.17. The van der Waals surface area contributed by atoms with Gasteiger partial charge in [-0.25, -0.2) is 4.79 Å². The Hall–Kier alpha value is -1.38. The van der Waals surface area contributed by atoms with Crippen LogP contribution in [-0.4, -0.2) is 24.8 Å². The van der Waals surface area contributed by atoms with E-state index in [1.165, 1.54) is 12.0 Å². The van der Waals surface area contributed by atoms with E-state index in [9.17, 15) is 4.79 Å². The summed E-state index contributed by atoms with van der Waals surface area (Å²) in [5.74, 6) is -0.272. The number of carbonyl (C=O) groups excluding carboxylic acids is 1. The topological polar surface area (TPSA) is 38.7 Å². The Bertz CT molecular complexity index is 353. The first kappa shape index (κ1) is 10.1. The van der Waals surface area contributed by atoms with Gasteiger partial charge < -0.3 is 4.74 Å². The average Bonchev–Trinajstić information content (AvgIpc) is 2.29. The third-order valence-corrected chi connectivity index (χ3v) is 2.67. The van der Waals surface area contributed by atoms with Crippen LogP contribution in [0.5, 0.6) is 0 Å². The Morgan fingerprint density at radius 1 is 1.67 bits per heavy atom.